The van der Waals surface area contributed by atoms with E-state index in [4.69, 9.17) is 62.1 Å². The minimum atomic E-state index is -2.25. The maximum absolute atomic E-state index is 16.7. The molecule has 15 bridgehead atoms. The van der Waals surface area contributed by atoms with E-state index >= 15 is 28.8 Å². The first-order chi connectivity index (χ1) is 59.8. The van der Waals surface area contributed by atoms with Crippen molar-refractivity contribution in [1.29, 1.82) is 0 Å². The molecule has 4 saturated carbocycles. The number of ether oxygens (including phenoxy) is 7. The van der Waals surface area contributed by atoms with Gasteiger partial charge in [0.25, 0.3) is 0 Å². The van der Waals surface area contributed by atoms with Gasteiger partial charge in [0.1, 0.15) is 109 Å². The lowest BCUT2D eigenvalue weighted by Crippen LogP contribution is -2.60. The number of aliphatic hydroxyl groups excluding tert-OH is 5. The van der Waals surface area contributed by atoms with Gasteiger partial charge in [-0.25, -0.2) is 4.79 Å². The van der Waals surface area contributed by atoms with Gasteiger partial charge in [-0.05, 0) is 184 Å². The zero-order valence-electron chi connectivity index (χ0n) is 69.9. The lowest BCUT2D eigenvalue weighted by molar-refractivity contribution is -0.270. The second kappa shape index (κ2) is 40.4. The molecule has 6 aliphatic heterocycles. The number of urea groups is 1. The van der Waals surface area contributed by atoms with Crippen LogP contribution in [0.3, 0.4) is 0 Å². The number of aromatic hydroxyl groups is 3. The molecule has 4 aliphatic carbocycles. The van der Waals surface area contributed by atoms with Crippen molar-refractivity contribution in [2.75, 3.05) is 72.5 Å². The van der Waals surface area contributed by atoms with E-state index < -0.39 is 198 Å². The van der Waals surface area contributed by atoms with Crippen LogP contribution in [0.25, 0.3) is 11.1 Å². The number of nitrogens with two attached hydrogens (primary N) is 1. The van der Waals surface area contributed by atoms with Crippen LogP contribution >= 0.6 is 23.2 Å². The Hall–Kier alpha value is -10.5. The molecular formula is C89H108Cl2N10O24. The second-order valence-corrected chi connectivity index (χ2v) is 34.5. The van der Waals surface area contributed by atoms with E-state index in [1.807, 2.05) is 13.8 Å². The minimum absolute atomic E-state index is 0.00968. The van der Waals surface area contributed by atoms with Crippen LogP contribution in [-0.2, 0) is 43.1 Å². The number of ketones is 3. The van der Waals surface area contributed by atoms with Gasteiger partial charge in [-0.2, -0.15) is 0 Å². The van der Waals surface area contributed by atoms with Crippen molar-refractivity contribution in [2.45, 2.75) is 164 Å². The number of Topliss-reactive ketones (excluding diaryl/α,β-unsaturated/α-hetero) is 3. The van der Waals surface area contributed by atoms with Gasteiger partial charge >= 0.3 is 6.03 Å². The van der Waals surface area contributed by atoms with Crippen molar-refractivity contribution >= 4 is 81.8 Å². The summed E-state index contributed by atoms with van der Waals surface area (Å²) < 4.78 is 44.3. The number of carbonyl (C=O) groups is 9. The van der Waals surface area contributed by atoms with E-state index in [0.717, 1.165) is 62.4 Å². The molecule has 16 rings (SSSR count). The molecule has 6 heterocycles. The Balaban J connectivity index is 0.980. The number of hydrogen-bond donors (Lipinski definition) is 18. The highest BCUT2D eigenvalue weighted by molar-refractivity contribution is 6.32. The number of benzene rings is 6. The number of rotatable bonds is 26. The summed E-state index contributed by atoms with van der Waals surface area (Å²) in [5.41, 5.74) is 4.41. The number of hydrogen-bond acceptors (Lipinski definition) is 28. The zero-order valence-corrected chi connectivity index (χ0v) is 71.4. The van der Waals surface area contributed by atoms with Gasteiger partial charge < -0.3 is 122 Å². The van der Waals surface area contributed by atoms with Crippen LogP contribution < -0.4 is 82.0 Å². The third-order valence-corrected chi connectivity index (χ3v) is 25.1. The van der Waals surface area contributed by atoms with Gasteiger partial charge in [0.2, 0.25) is 47.3 Å². The summed E-state index contributed by atoms with van der Waals surface area (Å²) in [7, 11) is 5.16. The molecule has 125 heavy (non-hydrogen) atoms. The second-order valence-electron chi connectivity index (χ2n) is 33.7. The number of halogens is 2. The third kappa shape index (κ3) is 21.0. The molecule has 7 amide bonds. The van der Waals surface area contributed by atoms with Crippen LogP contribution in [-0.4, -0.2) is 204 Å². The first kappa shape index (κ1) is 92.2. The maximum atomic E-state index is 16.7. The average Bonchev–Trinajstić information content (AvgIpc) is 0.741. The Bertz CT molecular complexity index is 4980. The molecule has 6 aromatic rings. The van der Waals surface area contributed by atoms with Gasteiger partial charge in [-0.15, -0.1) is 0 Å². The lowest BCUT2D eigenvalue weighted by atomic mass is 9.51. The summed E-state index contributed by atoms with van der Waals surface area (Å²) in [6.45, 7) is 6.58. The minimum Gasteiger partial charge on any atom is -0.508 e. The first-order valence-corrected chi connectivity index (χ1v) is 42.9. The molecule has 672 valence electrons. The topological polar surface area (TPSA) is 514 Å². The number of likely N-dealkylation sites (N-methyl/N-ethyl adjacent to an activating group) is 3. The number of phenols is 3. The summed E-state index contributed by atoms with van der Waals surface area (Å²) in [6.07, 6.45) is -11.6. The molecule has 10 aliphatic rings. The van der Waals surface area contributed by atoms with Crippen LogP contribution in [0.5, 0.6) is 63.2 Å². The van der Waals surface area contributed by atoms with Crippen LogP contribution in [0.1, 0.15) is 149 Å². The highest BCUT2D eigenvalue weighted by atomic mass is 35.5. The normalized spacial score (nSPS) is 26.7. The molecule has 1 saturated heterocycles. The number of anilines is 1. The van der Waals surface area contributed by atoms with Crippen molar-refractivity contribution in [2.24, 2.45) is 53.1 Å². The molecule has 0 spiro atoms. The fourth-order valence-corrected chi connectivity index (χ4v) is 18.9. The van der Waals surface area contributed by atoms with Crippen LogP contribution in [0.4, 0.5) is 10.5 Å². The van der Waals surface area contributed by atoms with Gasteiger partial charge in [0, 0.05) is 87.1 Å². The summed E-state index contributed by atoms with van der Waals surface area (Å²) >= 11 is 14.4. The zero-order chi connectivity index (χ0) is 89.5. The third-order valence-electron chi connectivity index (χ3n) is 24.6. The Morgan fingerprint density at radius 2 is 1.21 bits per heavy atom. The molecule has 0 unspecified atom stereocenters. The predicted octanol–water partition coefficient (Wildman–Crippen LogP) is 6.85. The smallest absolute Gasteiger partial charge is 0.325 e. The fourth-order valence-electron chi connectivity index (χ4n) is 18.4. The van der Waals surface area contributed by atoms with E-state index in [2.05, 4.69) is 47.9 Å². The molecular weight excluding hydrogens is 1660 g/mol. The van der Waals surface area contributed by atoms with Gasteiger partial charge in [0.05, 0.1) is 27.6 Å². The molecule has 36 heteroatoms. The predicted molar refractivity (Wildman–Crippen MR) is 454 cm³/mol. The van der Waals surface area contributed by atoms with E-state index in [9.17, 15) is 55.2 Å². The Kier molecular flexibility index (Phi) is 29.8. The van der Waals surface area contributed by atoms with Crippen LogP contribution in [0, 0.1) is 47.3 Å². The molecule has 34 nitrogen and oxygen atoms in total. The average molecular weight is 1770 g/mol. The Morgan fingerprint density at radius 1 is 0.608 bits per heavy atom. The van der Waals surface area contributed by atoms with Gasteiger partial charge in [0.15, 0.2) is 40.3 Å². The molecule has 14 atom stereocenters. The lowest BCUT2D eigenvalue weighted by Gasteiger charge is -2.54. The van der Waals surface area contributed by atoms with Crippen molar-refractivity contribution in [3.05, 3.63) is 129 Å². The number of aliphatic hydroxyl groups is 5. The summed E-state index contributed by atoms with van der Waals surface area (Å²) in [5.74, 6) is -15.8. The van der Waals surface area contributed by atoms with E-state index in [1.165, 1.54) is 60.7 Å². The number of imide groups is 1. The van der Waals surface area contributed by atoms with Crippen LogP contribution in [0.2, 0.25) is 10.0 Å². The Labute approximate surface area is 731 Å². The number of fused-ring (bicyclic) bond motifs is 15. The van der Waals surface area contributed by atoms with E-state index in [-0.39, 0.29) is 140 Å². The largest absolute Gasteiger partial charge is 0.508 e. The molecule has 0 radical (unpaired) electrons. The number of nitrogens with one attached hydrogen (secondary N) is 9. The maximum Gasteiger partial charge on any atom is 0.325 e. The van der Waals surface area contributed by atoms with Gasteiger partial charge in [-0.1, -0.05) is 62.2 Å². The standard InChI is InChI=1S/C89H108Cl2N10O24/c1-7-43(20-40(2)3)84(114)100-75-61(105)29-50(32-71(108)97-89(118)96-51-33-66(119-17-14-93-4)82(121-19-16-95-6)67(34-51)120-18-15-94-5)85(115)98-73-49-30-68(122-64-12-9-45(77(75)109)27-57(64)90)83(125-88-81(113)80(112)79(111)70(39-92)124-88)69(31-49)123-65-13-10-46(28-58(65)91)78(110)76-87(117)99-74(63(107)37-53-47-22-41-21-42(24-47)25-48(53)23-41)56-35-52(102)36-60(104)72(56)55-26-44(8-11-59(55)103)54(38-62(73)106)86(116)101-76/h8-13,26-28,30-31,33-36,40-43,47-48,50,53-54,70,73-81,88,93-95,102-104,109-113H,7,14-25,29,32,37-39,92H2,1-6H3,(H,98,115)(H,99,117)(H,100,114)(H,101,116)(H2,96,97,108,118)/t41?,42?,43-,47?,48?,50+,53?,54-,70-,73-,74+,75+,76+,77-,78-,79-,80+,81-,88+/m1/s1. The van der Waals surface area contributed by atoms with Crippen molar-refractivity contribution in [3.63, 3.8) is 0 Å². The SMILES string of the molecule is CC[C@H](CC(C)C)C(=O)N[C@H]1C(=O)C[C@@H](CC(=O)NC(=O)Nc2cc(OCCNC)c(OCCNC)c(OCCNC)c2)C(=O)N[C@H]2C(=O)C[C@H]3C(=O)N[C@H](C(=O)N[C@H](C(=O)CC4C5CC6CC(C5)CC4C6)c4cc(O)cc(O)c4-c4cc3ccc4O)[C@H](O)c3ccc(c(Cl)c3)Oc3cc2cc(c3O[C@@H]2O[C@H](CN)[C@@H](O)[C@H](O)[C@H]2O)Oc2ccc(cc2Cl)[C@H]1O. The van der Waals surface area contributed by atoms with Crippen molar-refractivity contribution in [1.82, 2.24) is 42.5 Å². The Morgan fingerprint density at radius 3 is 1.79 bits per heavy atom. The number of amides is 7. The van der Waals surface area contributed by atoms with E-state index in [1.54, 1.807) is 28.1 Å². The molecule has 0 aromatic heterocycles. The molecule has 6 aromatic carbocycles. The summed E-state index contributed by atoms with van der Waals surface area (Å²) in [4.78, 5) is 140. The molecule has 5 fully saturated rings. The number of phenolic OH excluding ortho intramolecular Hbond substituents is 3. The first-order valence-electron chi connectivity index (χ1n) is 42.2. The van der Waals surface area contributed by atoms with Crippen molar-refractivity contribution < 1.29 is 117 Å². The van der Waals surface area contributed by atoms with Crippen LogP contribution in [0.15, 0.2) is 91.0 Å². The monoisotopic (exact) mass is 1770 g/mol. The van der Waals surface area contributed by atoms with Crippen molar-refractivity contribution in [3.8, 4) is 74.4 Å². The van der Waals surface area contributed by atoms with Gasteiger partial charge in [-0.3, -0.25) is 43.7 Å². The fraction of sp³-hybridized carbons (Fsp3) is 0.494. The van der Waals surface area contributed by atoms with E-state index in [0.29, 0.717) is 37.9 Å². The summed E-state index contributed by atoms with van der Waals surface area (Å²) in [6, 6.07) is 8.73. The highest BCUT2D eigenvalue weighted by Gasteiger charge is 2.51. The quantitative estimate of drug-likeness (QED) is 0.0247. The highest BCUT2D eigenvalue weighted by Crippen LogP contribution is 2.59. The molecule has 19 N–H and O–H groups in total. The summed E-state index contributed by atoms with van der Waals surface area (Å²) in [5, 5.41) is 119. The number of carbonyl (C=O) groups excluding carboxylic acids is 9.